The van der Waals surface area contributed by atoms with Crippen molar-refractivity contribution in [2.75, 3.05) is 21.3 Å². The summed E-state index contributed by atoms with van der Waals surface area (Å²) in [5.74, 6) is 0.175. The Morgan fingerprint density at radius 2 is 1.69 bits per heavy atom. The first-order valence-corrected chi connectivity index (χ1v) is 7.30. The first-order chi connectivity index (χ1) is 7.55. The van der Waals surface area contributed by atoms with Crippen LogP contribution >= 0.6 is 0 Å². The summed E-state index contributed by atoms with van der Waals surface area (Å²) in [7, 11) is 2.24. The molecule has 0 N–H and O–H groups in total. The van der Waals surface area contributed by atoms with Gasteiger partial charge < -0.3 is 13.3 Å². The monoisotopic (exact) mass is 246 g/mol. The molecular weight excluding hydrogens is 224 g/mol. The summed E-state index contributed by atoms with van der Waals surface area (Å²) in [5, 5.41) is 0. The molecule has 0 aromatic carbocycles. The topological polar surface area (TPSA) is 44.8 Å². The van der Waals surface area contributed by atoms with E-state index in [1.807, 2.05) is 19.9 Å². The molecule has 0 fully saturated rings. The lowest BCUT2D eigenvalue weighted by atomic mass is 10.1. The van der Waals surface area contributed by atoms with Gasteiger partial charge in [-0.2, -0.15) is 0 Å². The molecule has 0 aliphatic rings. The van der Waals surface area contributed by atoms with Crippen molar-refractivity contribution in [3.05, 3.63) is 11.6 Å². The number of carbonyl (C=O) groups excluding carboxylic acids is 1. The molecule has 0 bridgehead atoms. The summed E-state index contributed by atoms with van der Waals surface area (Å²) in [4.78, 5) is 11.5. The van der Waals surface area contributed by atoms with Crippen molar-refractivity contribution in [3.63, 3.8) is 0 Å². The maximum atomic E-state index is 11.5. The molecule has 16 heavy (non-hydrogen) atoms. The van der Waals surface area contributed by atoms with E-state index in [0.717, 1.165) is 12.0 Å². The number of hydrogen-bond donors (Lipinski definition) is 0. The van der Waals surface area contributed by atoms with Crippen LogP contribution in [-0.4, -0.2) is 35.9 Å². The van der Waals surface area contributed by atoms with E-state index in [0.29, 0.717) is 12.5 Å². The van der Waals surface area contributed by atoms with Crippen LogP contribution in [0.15, 0.2) is 11.6 Å². The maximum absolute atomic E-state index is 11.5. The van der Waals surface area contributed by atoms with E-state index < -0.39 is 8.80 Å². The number of carbonyl (C=O) groups is 1. The van der Waals surface area contributed by atoms with Crippen LogP contribution in [0.2, 0.25) is 6.04 Å². The molecule has 0 aliphatic heterocycles. The van der Waals surface area contributed by atoms with Crippen molar-refractivity contribution in [2.24, 2.45) is 0 Å². The smallest absolute Gasteiger partial charge is 0.377 e. The van der Waals surface area contributed by atoms with Crippen molar-refractivity contribution in [1.29, 1.82) is 0 Å². The second kappa shape index (κ2) is 7.73. The van der Waals surface area contributed by atoms with Crippen LogP contribution in [0.5, 0.6) is 0 Å². The van der Waals surface area contributed by atoms with Crippen LogP contribution in [0.3, 0.4) is 0 Å². The van der Waals surface area contributed by atoms with Gasteiger partial charge in [-0.15, -0.1) is 0 Å². The van der Waals surface area contributed by atoms with Crippen molar-refractivity contribution in [3.8, 4) is 0 Å². The summed E-state index contributed by atoms with van der Waals surface area (Å²) >= 11 is 0. The summed E-state index contributed by atoms with van der Waals surface area (Å²) < 4.78 is 15.8. The molecule has 0 radical (unpaired) electrons. The second-order valence-electron chi connectivity index (χ2n) is 3.54. The molecule has 4 nitrogen and oxygen atoms in total. The standard InChI is InChI=1S/C11H22O4Si/c1-6-10(2)11(12)8-7-9-16(13-3,14-4)15-5/h6H,7-9H2,1-5H3. The van der Waals surface area contributed by atoms with E-state index >= 15 is 0 Å². The maximum Gasteiger partial charge on any atom is 0.500 e. The Labute approximate surface area is 99.0 Å². The predicted octanol–water partition coefficient (Wildman–Crippen LogP) is 2.18. The quantitative estimate of drug-likeness (QED) is 0.486. The molecule has 0 saturated carbocycles. The normalized spacial score (nSPS) is 12.9. The highest BCUT2D eigenvalue weighted by atomic mass is 28.4. The minimum Gasteiger partial charge on any atom is -0.377 e. The minimum atomic E-state index is -2.50. The number of hydrogen-bond acceptors (Lipinski definition) is 4. The first-order valence-electron chi connectivity index (χ1n) is 5.36. The Hall–Kier alpha value is -0.493. The molecule has 0 rings (SSSR count). The Morgan fingerprint density at radius 1 is 1.19 bits per heavy atom. The van der Waals surface area contributed by atoms with Crippen LogP contribution in [0, 0.1) is 0 Å². The third kappa shape index (κ3) is 4.57. The Kier molecular flexibility index (Phi) is 7.49. The van der Waals surface area contributed by atoms with Gasteiger partial charge in [0.1, 0.15) is 0 Å². The zero-order valence-corrected chi connectivity index (χ0v) is 11.8. The fourth-order valence-corrected chi connectivity index (χ4v) is 3.10. The van der Waals surface area contributed by atoms with E-state index in [-0.39, 0.29) is 5.78 Å². The van der Waals surface area contributed by atoms with Crippen LogP contribution in [0.1, 0.15) is 26.7 Å². The molecule has 0 saturated heterocycles. The average molecular weight is 246 g/mol. The molecule has 94 valence electrons. The van der Waals surface area contributed by atoms with Gasteiger partial charge in [0.2, 0.25) is 0 Å². The Bertz CT molecular complexity index is 238. The summed E-state index contributed by atoms with van der Waals surface area (Å²) in [6.45, 7) is 3.70. The van der Waals surface area contributed by atoms with Gasteiger partial charge in [0.05, 0.1) is 0 Å². The molecule has 0 spiro atoms. The minimum absolute atomic E-state index is 0.175. The molecule has 0 aliphatic carbocycles. The molecule has 0 atom stereocenters. The van der Waals surface area contributed by atoms with E-state index in [1.165, 1.54) is 0 Å². The van der Waals surface area contributed by atoms with Crippen LogP contribution in [0.4, 0.5) is 0 Å². The van der Waals surface area contributed by atoms with Gasteiger partial charge in [0.25, 0.3) is 0 Å². The van der Waals surface area contributed by atoms with E-state index in [4.69, 9.17) is 13.3 Å². The van der Waals surface area contributed by atoms with Gasteiger partial charge >= 0.3 is 8.80 Å². The van der Waals surface area contributed by atoms with Crippen molar-refractivity contribution < 1.29 is 18.1 Å². The fraction of sp³-hybridized carbons (Fsp3) is 0.727. The molecule has 5 heteroatoms. The van der Waals surface area contributed by atoms with E-state index in [2.05, 4.69) is 0 Å². The second-order valence-corrected chi connectivity index (χ2v) is 6.63. The van der Waals surface area contributed by atoms with Gasteiger partial charge in [0, 0.05) is 33.8 Å². The predicted molar refractivity (Wildman–Crippen MR) is 65.3 cm³/mol. The zero-order valence-electron chi connectivity index (χ0n) is 10.8. The SMILES string of the molecule is CC=C(C)C(=O)CCC[Si](OC)(OC)OC. The number of ketones is 1. The molecule has 0 aromatic heterocycles. The lowest BCUT2D eigenvalue weighted by Crippen LogP contribution is -2.42. The number of rotatable bonds is 8. The molecule has 0 heterocycles. The third-order valence-electron chi connectivity index (χ3n) is 2.69. The number of Topliss-reactive ketones (excluding diaryl/α,β-unsaturated/α-hetero) is 1. The van der Waals surface area contributed by atoms with Gasteiger partial charge in [-0.25, -0.2) is 0 Å². The summed E-state index contributed by atoms with van der Waals surface area (Å²) in [5.41, 5.74) is 0.805. The van der Waals surface area contributed by atoms with Crippen LogP contribution in [-0.2, 0) is 18.1 Å². The van der Waals surface area contributed by atoms with Crippen molar-refractivity contribution in [1.82, 2.24) is 0 Å². The summed E-state index contributed by atoms with van der Waals surface area (Å²) in [6.07, 6.45) is 3.07. The summed E-state index contributed by atoms with van der Waals surface area (Å²) in [6, 6.07) is 0.666. The molecule has 0 aromatic rings. The molecular formula is C11H22O4Si. The van der Waals surface area contributed by atoms with Gasteiger partial charge in [-0.3, -0.25) is 4.79 Å². The Balaban J connectivity index is 4.10. The van der Waals surface area contributed by atoms with Crippen molar-refractivity contribution >= 4 is 14.6 Å². The largest absolute Gasteiger partial charge is 0.500 e. The molecule has 0 unspecified atom stereocenters. The highest BCUT2D eigenvalue weighted by molar-refractivity contribution is 6.60. The average Bonchev–Trinajstić information content (AvgIpc) is 2.34. The number of allylic oxidation sites excluding steroid dienone is 2. The van der Waals surface area contributed by atoms with Crippen LogP contribution < -0.4 is 0 Å². The third-order valence-corrected chi connectivity index (χ3v) is 5.52. The lowest BCUT2D eigenvalue weighted by molar-refractivity contribution is -0.115. The van der Waals surface area contributed by atoms with Crippen molar-refractivity contribution in [2.45, 2.75) is 32.7 Å². The van der Waals surface area contributed by atoms with E-state index in [1.54, 1.807) is 21.3 Å². The Morgan fingerprint density at radius 3 is 2.06 bits per heavy atom. The van der Waals surface area contributed by atoms with E-state index in [9.17, 15) is 4.79 Å². The van der Waals surface area contributed by atoms with Gasteiger partial charge in [-0.05, 0) is 25.8 Å². The van der Waals surface area contributed by atoms with Gasteiger partial charge in [0.15, 0.2) is 5.78 Å². The fourth-order valence-electron chi connectivity index (χ4n) is 1.38. The molecule has 0 amide bonds. The first kappa shape index (κ1) is 15.5. The lowest BCUT2D eigenvalue weighted by Gasteiger charge is -2.24. The zero-order chi connectivity index (χ0) is 12.6. The van der Waals surface area contributed by atoms with Gasteiger partial charge in [-0.1, -0.05) is 6.08 Å². The highest BCUT2D eigenvalue weighted by Crippen LogP contribution is 2.17. The van der Waals surface area contributed by atoms with Crippen LogP contribution in [0.25, 0.3) is 0 Å². The highest BCUT2D eigenvalue weighted by Gasteiger charge is 2.37.